The van der Waals surface area contributed by atoms with Crippen molar-refractivity contribution in [1.29, 1.82) is 0 Å². The van der Waals surface area contributed by atoms with E-state index in [1.807, 2.05) is 13.0 Å². The van der Waals surface area contributed by atoms with Crippen LogP contribution in [-0.2, 0) is 0 Å². The van der Waals surface area contributed by atoms with E-state index in [4.69, 9.17) is 11.5 Å². The standard InChI is InChI=1S/C11H12N2O/c1-8-5-9(3-2-4-12)7-10(6-8)11(13)14/h5-7H,4,12H2,1H3,(H2,13,14). The number of carbonyl (C=O) groups is 1. The predicted molar refractivity (Wildman–Crippen MR) is 55.6 cm³/mol. The van der Waals surface area contributed by atoms with Crippen molar-refractivity contribution in [2.45, 2.75) is 6.92 Å². The predicted octanol–water partition coefficient (Wildman–Crippen LogP) is 0.404. The van der Waals surface area contributed by atoms with Crippen LogP contribution in [0.5, 0.6) is 0 Å². The molecule has 0 aliphatic heterocycles. The summed E-state index contributed by atoms with van der Waals surface area (Å²) in [5.41, 5.74) is 12.6. The minimum Gasteiger partial charge on any atom is -0.366 e. The van der Waals surface area contributed by atoms with Gasteiger partial charge >= 0.3 is 0 Å². The van der Waals surface area contributed by atoms with Gasteiger partial charge in [-0.15, -0.1) is 0 Å². The van der Waals surface area contributed by atoms with E-state index in [1.54, 1.807) is 12.1 Å². The zero-order valence-electron chi connectivity index (χ0n) is 8.00. The summed E-state index contributed by atoms with van der Waals surface area (Å²) in [4.78, 5) is 10.9. The summed E-state index contributed by atoms with van der Waals surface area (Å²) in [7, 11) is 0. The first-order valence-corrected chi connectivity index (χ1v) is 4.24. The van der Waals surface area contributed by atoms with Gasteiger partial charge in [-0.05, 0) is 30.7 Å². The summed E-state index contributed by atoms with van der Waals surface area (Å²) in [5.74, 6) is 5.14. The van der Waals surface area contributed by atoms with Gasteiger partial charge in [-0.25, -0.2) is 0 Å². The van der Waals surface area contributed by atoms with Crippen LogP contribution in [-0.4, -0.2) is 12.5 Å². The first-order valence-electron chi connectivity index (χ1n) is 4.24. The molecule has 4 N–H and O–H groups in total. The second-order valence-corrected chi connectivity index (χ2v) is 2.96. The molecule has 1 aromatic carbocycles. The highest BCUT2D eigenvalue weighted by molar-refractivity contribution is 5.93. The van der Waals surface area contributed by atoms with Crippen LogP contribution in [0, 0.1) is 18.8 Å². The number of rotatable bonds is 1. The summed E-state index contributed by atoms with van der Waals surface area (Å²) in [6.07, 6.45) is 0. The van der Waals surface area contributed by atoms with Gasteiger partial charge < -0.3 is 11.5 Å². The first-order chi connectivity index (χ1) is 6.63. The van der Waals surface area contributed by atoms with Crippen LogP contribution in [0.1, 0.15) is 21.5 Å². The molecule has 0 unspecified atom stereocenters. The fraction of sp³-hybridized carbons (Fsp3) is 0.182. The van der Waals surface area contributed by atoms with Crippen LogP contribution >= 0.6 is 0 Å². The van der Waals surface area contributed by atoms with E-state index in [0.717, 1.165) is 11.1 Å². The molecule has 0 saturated heterocycles. The third-order valence-electron chi connectivity index (χ3n) is 1.70. The van der Waals surface area contributed by atoms with E-state index >= 15 is 0 Å². The molecule has 72 valence electrons. The van der Waals surface area contributed by atoms with E-state index in [0.29, 0.717) is 12.1 Å². The number of carbonyl (C=O) groups excluding carboxylic acids is 1. The highest BCUT2D eigenvalue weighted by Gasteiger charge is 2.01. The number of nitrogens with two attached hydrogens (primary N) is 2. The van der Waals surface area contributed by atoms with Gasteiger partial charge in [-0.1, -0.05) is 11.8 Å². The van der Waals surface area contributed by atoms with Gasteiger partial charge in [-0.3, -0.25) is 4.79 Å². The van der Waals surface area contributed by atoms with Crippen molar-refractivity contribution in [2.24, 2.45) is 11.5 Å². The smallest absolute Gasteiger partial charge is 0.248 e. The van der Waals surface area contributed by atoms with Gasteiger partial charge in [0.1, 0.15) is 0 Å². The van der Waals surface area contributed by atoms with E-state index < -0.39 is 5.91 Å². The molecule has 0 aromatic heterocycles. The second-order valence-electron chi connectivity index (χ2n) is 2.96. The lowest BCUT2D eigenvalue weighted by Crippen LogP contribution is -2.11. The Bertz CT molecular complexity index is 413. The summed E-state index contributed by atoms with van der Waals surface area (Å²) < 4.78 is 0. The van der Waals surface area contributed by atoms with Crippen molar-refractivity contribution in [3.8, 4) is 11.8 Å². The summed E-state index contributed by atoms with van der Waals surface area (Å²) in [6, 6.07) is 5.28. The molecule has 0 aliphatic rings. The van der Waals surface area contributed by atoms with Crippen LogP contribution in [0.25, 0.3) is 0 Å². The number of hydrogen-bond acceptors (Lipinski definition) is 2. The second kappa shape index (κ2) is 4.45. The monoisotopic (exact) mass is 188 g/mol. The summed E-state index contributed by atoms with van der Waals surface area (Å²) in [6.45, 7) is 2.19. The lowest BCUT2D eigenvalue weighted by molar-refractivity contribution is 0.1000. The zero-order valence-corrected chi connectivity index (χ0v) is 8.00. The Kier molecular flexibility index (Phi) is 3.27. The van der Waals surface area contributed by atoms with Crippen LogP contribution in [0.4, 0.5) is 0 Å². The maximum absolute atomic E-state index is 10.9. The van der Waals surface area contributed by atoms with Crippen LogP contribution in [0.3, 0.4) is 0 Å². The molecule has 1 amide bonds. The molecule has 0 spiro atoms. The fourth-order valence-corrected chi connectivity index (χ4v) is 1.15. The molecule has 0 radical (unpaired) electrons. The van der Waals surface area contributed by atoms with Gasteiger partial charge in [0.05, 0.1) is 6.54 Å². The molecular formula is C11H12N2O. The molecule has 0 saturated carbocycles. The SMILES string of the molecule is Cc1cc(C#CCN)cc(C(N)=O)c1. The average Bonchev–Trinajstić information content (AvgIpc) is 2.14. The Hall–Kier alpha value is -1.79. The van der Waals surface area contributed by atoms with Crippen molar-refractivity contribution >= 4 is 5.91 Å². The number of aryl methyl sites for hydroxylation is 1. The lowest BCUT2D eigenvalue weighted by atomic mass is 10.1. The topological polar surface area (TPSA) is 69.1 Å². The molecule has 0 atom stereocenters. The maximum Gasteiger partial charge on any atom is 0.248 e. The molecule has 14 heavy (non-hydrogen) atoms. The molecule has 3 nitrogen and oxygen atoms in total. The maximum atomic E-state index is 10.9. The van der Waals surface area contributed by atoms with Gasteiger partial charge in [0.2, 0.25) is 5.91 Å². The van der Waals surface area contributed by atoms with Gasteiger partial charge in [0, 0.05) is 11.1 Å². The van der Waals surface area contributed by atoms with Gasteiger partial charge in [0.25, 0.3) is 0 Å². The van der Waals surface area contributed by atoms with Gasteiger partial charge in [0.15, 0.2) is 0 Å². The molecule has 0 aliphatic carbocycles. The Morgan fingerprint density at radius 1 is 1.43 bits per heavy atom. The van der Waals surface area contributed by atoms with Crippen molar-refractivity contribution in [1.82, 2.24) is 0 Å². The lowest BCUT2D eigenvalue weighted by Gasteiger charge is -1.99. The van der Waals surface area contributed by atoms with E-state index in [-0.39, 0.29) is 0 Å². The normalized spacial score (nSPS) is 9.00. The van der Waals surface area contributed by atoms with E-state index in [9.17, 15) is 4.79 Å². The third-order valence-corrected chi connectivity index (χ3v) is 1.70. The highest BCUT2D eigenvalue weighted by Crippen LogP contribution is 2.08. The molecule has 1 aromatic rings. The van der Waals surface area contributed by atoms with Crippen LogP contribution < -0.4 is 11.5 Å². The summed E-state index contributed by atoms with van der Waals surface area (Å²) >= 11 is 0. The Morgan fingerprint density at radius 2 is 2.14 bits per heavy atom. The molecular weight excluding hydrogens is 176 g/mol. The molecule has 0 heterocycles. The Morgan fingerprint density at radius 3 is 2.71 bits per heavy atom. The molecule has 3 heteroatoms. The minimum atomic E-state index is -0.440. The third kappa shape index (κ3) is 2.61. The van der Waals surface area contributed by atoms with E-state index in [2.05, 4.69) is 11.8 Å². The van der Waals surface area contributed by atoms with Gasteiger partial charge in [-0.2, -0.15) is 0 Å². The van der Waals surface area contributed by atoms with E-state index in [1.165, 1.54) is 0 Å². The van der Waals surface area contributed by atoms with Crippen molar-refractivity contribution in [2.75, 3.05) is 6.54 Å². The fourth-order valence-electron chi connectivity index (χ4n) is 1.15. The minimum absolute atomic E-state index is 0.305. The zero-order chi connectivity index (χ0) is 10.6. The average molecular weight is 188 g/mol. The summed E-state index contributed by atoms with van der Waals surface area (Å²) in [5, 5.41) is 0. The number of hydrogen-bond donors (Lipinski definition) is 2. The number of benzene rings is 1. The molecule has 1 rings (SSSR count). The highest BCUT2D eigenvalue weighted by atomic mass is 16.1. The van der Waals surface area contributed by atoms with Crippen LogP contribution in [0.15, 0.2) is 18.2 Å². The molecule has 0 fully saturated rings. The number of primary amides is 1. The Balaban J connectivity index is 3.13. The Labute approximate surface area is 83.1 Å². The van der Waals surface area contributed by atoms with Crippen molar-refractivity contribution in [3.63, 3.8) is 0 Å². The number of amides is 1. The molecule has 0 bridgehead atoms. The quantitative estimate of drug-likeness (QED) is 0.626. The van der Waals surface area contributed by atoms with Crippen molar-refractivity contribution < 1.29 is 4.79 Å². The van der Waals surface area contributed by atoms with Crippen molar-refractivity contribution in [3.05, 3.63) is 34.9 Å². The first kappa shape index (κ1) is 10.3. The largest absolute Gasteiger partial charge is 0.366 e. The van der Waals surface area contributed by atoms with Crippen LogP contribution in [0.2, 0.25) is 0 Å².